The van der Waals surface area contributed by atoms with Crippen molar-refractivity contribution in [3.05, 3.63) is 21.9 Å². The minimum absolute atomic E-state index is 0.0350. The number of rotatable bonds is 5. The normalized spacial score (nSPS) is 26.0. The zero-order valence-electron chi connectivity index (χ0n) is 14.1. The third kappa shape index (κ3) is 3.96. The Morgan fingerprint density at radius 3 is 3.00 bits per heavy atom. The Morgan fingerprint density at radius 1 is 1.38 bits per heavy atom. The topological polar surface area (TPSA) is 67.9 Å². The van der Waals surface area contributed by atoms with Crippen molar-refractivity contribution in [3.8, 4) is 0 Å². The molecule has 2 amide bonds. The van der Waals surface area contributed by atoms with E-state index in [0.29, 0.717) is 32.6 Å². The summed E-state index contributed by atoms with van der Waals surface area (Å²) in [5.74, 6) is -0.0471. The van der Waals surface area contributed by atoms with Crippen molar-refractivity contribution in [2.24, 2.45) is 5.92 Å². The van der Waals surface area contributed by atoms with Crippen LogP contribution < -0.4 is 5.32 Å². The van der Waals surface area contributed by atoms with E-state index in [1.165, 1.54) is 10.4 Å². The number of ether oxygens (including phenoxy) is 2. The molecule has 132 valence electrons. The van der Waals surface area contributed by atoms with Crippen LogP contribution in [0, 0.1) is 5.92 Å². The zero-order chi connectivity index (χ0) is 17.1. The zero-order valence-corrected chi connectivity index (χ0v) is 14.9. The molecule has 1 N–H and O–H groups in total. The maximum atomic E-state index is 12.2. The van der Waals surface area contributed by atoms with Gasteiger partial charge < -0.3 is 19.7 Å². The molecule has 1 saturated heterocycles. The minimum Gasteiger partial charge on any atom is -0.376 e. The molecule has 1 aromatic rings. The molecule has 0 aliphatic carbocycles. The molecule has 6 nitrogen and oxygen atoms in total. The van der Waals surface area contributed by atoms with Gasteiger partial charge in [-0.2, -0.15) is 0 Å². The molecule has 0 spiro atoms. The number of nitrogens with zero attached hydrogens (tertiary/aromatic N) is 1. The van der Waals surface area contributed by atoms with Crippen LogP contribution in [0.2, 0.25) is 0 Å². The van der Waals surface area contributed by atoms with Crippen LogP contribution in [-0.4, -0.2) is 56.7 Å². The highest BCUT2D eigenvalue weighted by Crippen LogP contribution is 2.33. The summed E-state index contributed by atoms with van der Waals surface area (Å²) in [6, 6.07) is 2.11. The smallest absolute Gasteiger partial charge is 0.227 e. The second kappa shape index (κ2) is 7.63. The Morgan fingerprint density at radius 2 is 2.21 bits per heavy atom. The van der Waals surface area contributed by atoms with Crippen molar-refractivity contribution in [1.29, 1.82) is 0 Å². The summed E-state index contributed by atoms with van der Waals surface area (Å²) in [6.07, 6.45) is 1.69. The van der Waals surface area contributed by atoms with Crippen LogP contribution in [-0.2, 0) is 25.5 Å². The van der Waals surface area contributed by atoms with Crippen LogP contribution in [0.3, 0.4) is 0 Å². The van der Waals surface area contributed by atoms with Crippen molar-refractivity contribution >= 4 is 23.2 Å². The lowest BCUT2D eigenvalue weighted by Crippen LogP contribution is -2.34. The molecule has 3 atom stereocenters. The summed E-state index contributed by atoms with van der Waals surface area (Å²) in [5.41, 5.74) is 1.30. The van der Waals surface area contributed by atoms with E-state index >= 15 is 0 Å². The summed E-state index contributed by atoms with van der Waals surface area (Å²) >= 11 is 1.65. The summed E-state index contributed by atoms with van der Waals surface area (Å²) in [6.45, 7) is 1.55. The number of fused-ring (bicyclic) bond motifs is 1. The first-order valence-electron chi connectivity index (χ1n) is 8.32. The molecular weight excluding hydrogens is 328 g/mol. The lowest BCUT2D eigenvalue weighted by molar-refractivity contribution is -0.132. The van der Waals surface area contributed by atoms with Crippen molar-refractivity contribution in [1.82, 2.24) is 10.2 Å². The van der Waals surface area contributed by atoms with Gasteiger partial charge in [-0.05, 0) is 29.9 Å². The monoisotopic (exact) mass is 352 g/mol. The van der Waals surface area contributed by atoms with Crippen LogP contribution in [0.5, 0.6) is 0 Å². The number of carbonyl (C=O) groups is 2. The molecule has 0 radical (unpaired) electrons. The number of carbonyl (C=O) groups excluding carboxylic acids is 2. The summed E-state index contributed by atoms with van der Waals surface area (Å²) in [4.78, 5) is 26.9. The molecular formula is C17H24N2O4S. The average Bonchev–Trinajstić information content (AvgIpc) is 3.21. The standard InChI is InChI=1S/C17H24N2O4S/c1-19(2)17(21)12-7-13(23-10-12)9-18-15(20)8-14-16-11(3-5-22-14)4-6-24-16/h4,6,12-14H,3,5,7-10H2,1-2H3,(H,18,20)/t12-,13-,14?/m0/s1. The first-order valence-corrected chi connectivity index (χ1v) is 9.20. The van der Waals surface area contributed by atoms with Crippen LogP contribution in [0.25, 0.3) is 0 Å². The molecule has 0 bridgehead atoms. The fourth-order valence-electron chi connectivity index (χ4n) is 3.23. The molecule has 1 fully saturated rings. The Labute approximate surface area is 146 Å². The average molecular weight is 352 g/mol. The Kier molecular flexibility index (Phi) is 5.53. The minimum atomic E-state index is -0.138. The first kappa shape index (κ1) is 17.4. The number of hydrogen-bond acceptors (Lipinski definition) is 5. The van der Waals surface area contributed by atoms with E-state index in [2.05, 4.69) is 16.8 Å². The summed E-state index contributed by atoms with van der Waals surface area (Å²) in [5, 5.41) is 4.97. The lowest BCUT2D eigenvalue weighted by Gasteiger charge is -2.23. The van der Waals surface area contributed by atoms with Gasteiger partial charge in [0.05, 0.1) is 31.7 Å². The summed E-state index contributed by atoms with van der Waals surface area (Å²) < 4.78 is 11.4. The largest absolute Gasteiger partial charge is 0.376 e. The van der Waals surface area contributed by atoms with Gasteiger partial charge >= 0.3 is 0 Å². The predicted molar refractivity (Wildman–Crippen MR) is 90.9 cm³/mol. The number of thiophene rings is 1. The molecule has 0 aromatic carbocycles. The molecule has 24 heavy (non-hydrogen) atoms. The van der Waals surface area contributed by atoms with E-state index in [1.807, 2.05) is 0 Å². The second-order valence-corrected chi connectivity index (χ2v) is 7.50. The number of hydrogen-bond donors (Lipinski definition) is 1. The fourth-order valence-corrected chi connectivity index (χ4v) is 4.23. The van der Waals surface area contributed by atoms with Gasteiger partial charge in [-0.1, -0.05) is 0 Å². The van der Waals surface area contributed by atoms with Crippen LogP contribution >= 0.6 is 11.3 Å². The third-order valence-corrected chi connectivity index (χ3v) is 5.58. The fraction of sp³-hybridized carbons (Fsp3) is 0.647. The molecule has 3 rings (SSSR count). The van der Waals surface area contributed by atoms with Crippen molar-refractivity contribution < 1.29 is 19.1 Å². The van der Waals surface area contributed by atoms with Gasteiger partial charge in [-0.3, -0.25) is 9.59 Å². The van der Waals surface area contributed by atoms with Crippen LogP contribution in [0.1, 0.15) is 29.4 Å². The lowest BCUT2D eigenvalue weighted by atomic mass is 10.0. The summed E-state index contributed by atoms with van der Waals surface area (Å²) in [7, 11) is 3.50. The number of nitrogens with one attached hydrogen (secondary N) is 1. The Balaban J connectivity index is 1.43. The SMILES string of the molecule is CN(C)C(=O)[C@@H]1CO[C@H](CNC(=O)CC2OCCc3ccsc32)C1. The van der Waals surface area contributed by atoms with Gasteiger partial charge in [0.15, 0.2) is 0 Å². The molecule has 3 heterocycles. The van der Waals surface area contributed by atoms with E-state index in [9.17, 15) is 9.59 Å². The molecule has 2 aliphatic heterocycles. The Hall–Kier alpha value is -1.44. The van der Waals surface area contributed by atoms with Gasteiger partial charge in [-0.25, -0.2) is 0 Å². The predicted octanol–water partition coefficient (Wildman–Crippen LogP) is 1.36. The van der Waals surface area contributed by atoms with E-state index in [1.54, 1.807) is 30.3 Å². The Bertz CT molecular complexity index is 601. The van der Waals surface area contributed by atoms with Crippen molar-refractivity contribution in [2.45, 2.75) is 31.5 Å². The van der Waals surface area contributed by atoms with Crippen LogP contribution in [0.15, 0.2) is 11.4 Å². The van der Waals surface area contributed by atoms with E-state index in [4.69, 9.17) is 9.47 Å². The van der Waals surface area contributed by atoms with E-state index in [-0.39, 0.29) is 29.9 Å². The van der Waals surface area contributed by atoms with Gasteiger partial charge in [-0.15, -0.1) is 11.3 Å². The molecule has 1 aromatic heterocycles. The second-order valence-electron chi connectivity index (χ2n) is 6.55. The quantitative estimate of drug-likeness (QED) is 0.869. The maximum Gasteiger partial charge on any atom is 0.227 e. The first-order chi connectivity index (χ1) is 11.5. The third-order valence-electron chi connectivity index (χ3n) is 4.53. The molecule has 2 aliphatic rings. The van der Waals surface area contributed by atoms with Gasteiger partial charge in [0.25, 0.3) is 0 Å². The molecule has 7 heteroatoms. The highest BCUT2D eigenvalue weighted by molar-refractivity contribution is 7.10. The van der Waals surface area contributed by atoms with Crippen molar-refractivity contribution in [3.63, 3.8) is 0 Å². The number of amides is 2. The molecule has 0 saturated carbocycles. The van der Waals surface area contributed by atoms with E-state index in [0.717, 1.165) is 6.42 Å². The van der Waals surface area contributed by atoms with E-state index < -0.39 is 0 Å². The highest BCUT2D eigenvalue weighted by atomic mass is 32.1. The van der Waals surface area contributed by atoms with Gasteiger partial charge in [0.1, 0.15) is 6.10 Å². The molecule has 1 unspecified atom stereocenters. The van der Waals surface area contributed by atoms with Crippen LogP contribution in [0.4, 0.5) is 0 Å². The van der Waals surface area contributed by atoms with Gasteiger partial charge in [0.2, 0.25) is 11.8 Å². The van der Waals surface area contributed by atoms with Gasteiger partial charge in [0, 0.05) is 25.5 Å². The van der Waals surface area contributed by atoms with Crippen molar-refractivity contribution in [2.75, 3.05) is 33.9 Å². The maximum absolute atomic E-state index is 12.2. The highest BCUT2D eigenvalue weighted by Gasteiger charge is 2.32.